The molecule has 0 aromatic heterocycles. The van der Waals surface area contributed by atoms with Crippen molar-refractivity contribution in [2.24, 2.45) is 5.10 Å². The summed E-state index contributed by atoms with van der Waals surface area (Å²) in [7, 11) is 3.32. The molecule has 2 aromatic carbocycles. The van der Waals surface area contributed by atoms with E-state index >= 15 is 0 Å². The number of nitrogens with one attached hydrogen (secondary N) is 1. The number of hydrogen-bond acceptors (Lipinski definition) is 5. The molecule has 2 aromatic rings. The minimum absolute atomic E-state index is 0.0690. The van der Waals surface area contributed by atoms with Crippen molar-refractivity contribution in [3.63, 3.8) is 0 Å². The van der Waals surface area contributed by atoms with Crippen molar-refractivity contribution >= 4 is 16.8 Å². The molecule has 1 aliphatic rings. The predicted octanol–water partition coefficient (Wildman–Crippen LogP) is 3.60. The normalized spacial score (nSPS) is 16.8. The molecule has 3 rings (SSSR count). The van der Waals surface area contributed by atoms with E-state index in [4.69, 9.17) is 9.47 Å². The molecule has 0 fully saturated rings. The first-order chi connectivity index (χ1) is 10.8. The van der Waals surface area contributed by atoms with Crippen molar-refractivity contribution in [2.45, 2.75) is 11.8 Å². The molecular weight excluding hydrogens is 296 g/mol. The number of hydrogen-bond donors (Lipinski definition) is 1. The minimum atomic E-state index is 0.0690. The van der Waals surface area contributed by atoms with Crippen LogP contribution in [0.15, 0.2) is 53.6 Å². The molecule has 0 aliphatic carbocycles. The van der Waals surface area contributed by atoms with Crippen molar-refractivity contribution in [1.82, 2.24) is 5.43 Å². The van der Waals surface area contributed by atoms with Crippen LogP contribution in [0, 0.1) is 0 Å². The van der Waals surface area contributed by atoms with Gasteiger partial charge in [-0.3, -0.25) is 5.43 Å². The van der Waals surface area contributed by atoms with E-state index in [9.17, 15) is 0 Å². The number of ether oxygens (including phenoxy) is 2. The average Bonchev–Trinajstić information content (AvgIpc) is 3.03. The molecule has 0 bridgehead atoms. The third kappa shape index (κ3) is 3.20. The highest BCUT2D eigenvalue weighted by Gasteiger charge is 2.24. The highest BCUT2D eigenvalue weighted by molar-refractivity contribution is 8.14. The first-order valence-corrected chi connectivity index (χ1v) is 7.92. The largest absolute Gasteiger partial charge is 0.497 e. The van der Waals surface area contributed by atoms with E-state index in [0.29, 0.717) is 0 Å². The smallest absolute Gasteiger partial charge is 0.128 e. The van der Waals surface area contributed by atoms with Gasteiger partial charge in [0.1, 0.15) is 16.9 Å². The number of thioether (sulfide) groups is 1. The molecule has 114 valence electrons. The Morgan fingerprint density at radius 1 is 1.09 bits per heavy atom. The molecule has 4 nitrogen and oxygen atoms in total. The van der Waals surface area contributed by atoms with Gasteiger partial charge in [0, 0.05) is 18.1 Å². The summed E-state index contributed by atoms with van der Waals surface area (Å²) in [5.74, 6) is 1.59. The molecule has 1 N–H and O–H groups in total. The van der Waals surface area contributed by atoms with Gasteiger partial charge in [-0.15, -0.1) is 0 Å². The summed E-state index contributed by atoms with van der Waals surface area (Å²) in [6, 6.07) is 16.2. The van der Waals surface area contributed by atoms with Gasteiger partial charge in [0.05, 0.1) is 19.3 Å². The Morgan fingerprint density at radius 2 is 1.91 bits per heavy atom. The van der Waals surface area contributed by atoms with Crippen LogP contribution in [0.4, 0.5) is 0 Å². The number of methoxy groups -OCH3 is 2. The summed E-state index contributed by atoms with van der Waals surface area (Å²) < 4.78 is 10.7. The van der Waals surface area contributed by atoms with E-state index in [-0.39, 0.29) is 5.37 Å². The second kappa shape index (κ2) is 6.75. The van der Waals surface area contributed by atoms with Gasteiger partial charge in [-0.1, -0.05) is 42.1 Å². The molecule has 0 unspecified atom stereocenters. The Balaban J connectivity index is 1.71. The van der Waals surface area contributed by atoms with Crippen molar-refractivity contribution in [3.05, 3.63) is 59.7 Å². The van der Waals surface area contributed by atoms with Crippen LogP contribution >= 0.6 is 11.8 Å². The van der Waals surface area contributed by atoms with E-state index in [1.165, 1.54) is 5.56 Å². The Morgan fingerprint density at radius 3 is 2.64 bits per heavy atom. The molecule has 0 saturated carbocycles. The van der Waals surface area contributed by atoms with Gasteiger partial charge in [-0.25, -0.2) is 0 Å². The summed E-state index contributed by atoms with van der Waals surface area (Å²) >= 11 is 1.72. The van der Waals surface area contributed by atoms with E-state index in [2.05, 4.69) is 22.7 Å². The number of rotatable bonds is 5. The highest BCUT2D eigenvalue weighted by Crippen LogP contribution is 2.39. The zero-order valence-electron chi connectivity index (χ0n) is 12.6. The summed E-state index contributed by atoms with van der Waals surface area (Å²) in [6.07, 6.45) is 0.841. The lowest BCUT2D eigenvalue weighted by molar-refractivity contribution is 0.390. The standard InChI is InChI=1S/C17H18N2O2S/c1-20-13-8-9-14(15(11-13)21-2)17-19-18-16(22-17)10-12-6-4-3-5-7-12/h3-9,11,17,19H,10H2,1-2H3/t17-/m0/s1. The summed E-state index contributed by atoms with van der Waals surface area (Å²) in [5.41, 5.74) is 5.52. The van der Waals surface area contributed by atoms with Crippen molar-refractivity contribution in [1.29, 1.82) is 0 Å². The van der Waals surface area contributed by atoms with E-state index < -0.39 is 0 Å². The van der Waals surface area contributed by atoms with Crippen LogP contribution in [-0.4, -0.2) is 19.3 Å². The molecular formula is C17H18N2O2S. The Labute approximate surface area is 134 Å². The molecule has 0 spiro atoms. The van der Waals surface area contributed by atoms with Crippen LogP contribution in [0.25, 0.3) is 0 Å². The van der Waals surface area contributed by atoms with Gasteiger partial charge < -0.3 is 9.47 Å². The van der Waals surface area contributed by atoms with E-state index in [1.807, 2.05) is 36.4 Å². The van der Waals surface area contributed by atoms with Crippen LogP contribution in [0.2, 0.25) is 0 Å². The van der Waals surface area contributed by atoms with Gasteiger partial charge in [0.15, 0.2) is 0 Å². The Kier molecular flexibility index (Phi) is 4.53. The van der Waals surface area contributed by atoms with E-state index in [1.54, 1.807) is 26.0 Å². The molecule has 1 aliphatic heterocycles. The van der Waals surface area contributed by atoms with Gasteiger partial charge in [0.2, 0.25) is 0 Å². The molecule has 0 saturated heterocycles. The minimum Gasteiger partial charge on any atom is -0.497 e. The lowest BCUT2D eigenvalue weighted by atomic mass is 10.2. The number of nitrogens with zero attached hydrogens (tertiary/aromatic N) is 1. The highest BCUT2D eigenvalue weighted by atomic mass is 32.2. The van der Waals surface area contributed by atoms with Crippen LogP contribution in [-0.2, 0) is 6.42 Å². The third-order valence-electron chi connectivity index (χ3n) is 3.48. The monoisotopic (exact) mass is 314 g/mol. The fourth-order valence-corrected chi connectivity index (χ4v) is 3.39. The summed E-state index contributed by atoms with van der Waals surface area (Å²) in [4.78, 5) is 0. The fourth-order valence-electron chi connectivity index (χ4n) is 2.34. The average molecular weight is 314 g/mol. The van der Waals surface area contributed by atoms with Crippen LogP contribution in [0.1, 0.15) is 16.5 Å². The van der Waals surface area contributed by atoms with Crippen molar-refractivity contribution < 1.29 is 9.47 Å². The lowest BCUT2D eigenvalue weighted by Gasteiger charge is -2.15. The first kappa shape index (κ1) is 14.8. The zero-order chi connectivity index (χ0) is 15.4. The maximum Gasteiger partial charge on any atom is 0.128 e. The molecule has 22 heavy (non-hydrogen) atoms. The van der Waals surface area contributed by atoms with Gasteiger partial charge >= 0.3 is 0 Å². The van der Waals surface area contributed by atoms with Gasteiger partial charge in [-0.2, -0.15) is 5.10 Å². The number of hydrazone groups is 1. The maximum absolute atomic E-state index is 5.47. The second-order valence-electron chi connectivity index (χ2n) is 4.90. The second-order valence-corrected chi connectivity index (χ2v) is 6.08. The maximum atomic E-state index is 5.47. The quantitative estimate of drug-likeness (QED) is 0.916. The van der Waals surface area contributed by atoms with Crippen molar-refractivity contribution in [2.75, 3.05) is 14.2 Å². The Hall–Kier alpha value is -2.14. The molecule has 5 heteroatoms. The zero-order valence-corrected chi connectivity index (χ0v) is 13.4. The van der Waals surface area contributed by atoms with Crippen LogP contribution in [0.3, 0.4) is 0 Å². The molecule has 1 atom stereocenters. The summed E-state index contributed by atoms with van der Waals surface area (Å²) in [6.45, 7) is 0. The molecule has 0 radical (unpaired) electrons. The predicted molar refractivity (Wildman–Crippen MR) is 90.6 cm³/mol. The summed E-state index contributed by atoms with van der Waals surface area (Å²) in [5, 5.41) is 5.60. The first-order valence-electron chi connectivity index (χ1n) is 7.04. The van der Waals surface area contributed by atoms with Crippen molar-refractivity contribution in [3.8, 4) is 11.5 Å². The molecule has 0 amide bonds. The SMILES string of the molecule is COc1ccc([C@H]2NN=C(Cc3ccccc3)S2)c(OC)c1. The van der Waals surface area contributed by atoms with Crippen LogP contribution < -0.4 is 14.9 Å². The lowest BCUT2D eigenvalue weighted by Crippen LogP contribution is -2.08. The topological polar surface area (TPSA) is 42.8 Å². The van der Waals surface area contributed by atoms with Gasteiger partial charge in [-0.05, 0) is 17.7 Å². The fraction of sp³-hybridized carbons (Fsp3) is 0.235. The van der Waals surface area contributed by atoms with Gasteiger partial charge in [0.25, 0.3) is 0 Å². The third-order valence-corrected chi connectivity index (χ3v) is 4.58. The van der Waals surface area contributed by atoms with Crippen LogP contribution in [0.5, 0.6) is 11.5 Å². The molecule has 1 heterocycles. The number of benzene rings is 2. The Bertz CT molecular complexity index is 674. The van der Waals surface area contributed by atoms with E-state index in [0.717, 1.165) is 28.5 Å².